The van der Waals surface area contributed by atoms with Crippen LogP contribution in [0.5, 0.6) is 0 Å². The maximum absolute atomic E-state index is 11.8. The van der Waals surface area contributed by atoms with Crippen LogP contribution in [0, 0.1) is 11.8 Å². The molecule has 0 spiro atoms. The lowest BCUT2D eigenvalue weighted by Gasteiger charge is -2.10. The second-order valence-corrected chi connectivity index (χ2v) is 6.51. The zero-order valence-electron chi connectivity index (χ0n) is 16.0. The van der Waals surface area contributed by atoms with E-state index in [9.17, 15) is 14.7 Å². The lowest BCUT2D eigenvalue weighted by Crippen LogP contribution is -2.21. The first-order valence-corrected chi connectivity index (χ1v) is 8.84. The highest BCUT2D eigenvalue weighted by Gasteiger charge is 2.16. The summed E-state index contributed by atoms with van der Waals surface area (Å²) in [4.78, 5) is 32.6. The van der Waals surface area contributed by atoms with Gasteiger partial charge in [-0.2, -0.15) is 5.10 Å². The van der Waals surface area contributed by atoms with Crippen LogP contribution in [-0.4, -0.2) is 61.8 Å². The monoisotopic (exact) mass is 392 g/mol. The third-order valence-corrected chi connectivity index (χ3v) is 4.26. The number of rotatable bonds is 6. The molecule has 0 bridgehead atoms. The number of nitrogens with two attached hydrogens (primary N) is 1. The Bertz CT molecular complexity index is 1130. The molecule has 3 rings (SSSR count). The molecule has 0 radical (unpaired) electrons. The first kappa shape index (κ1) is 20.0. The van der Waals surface area contributed by atoms with Crippen molar-refractivity contribution in [3.8, 4) is 23.2 Å². The summed E-state index contributed by atoms with van der Waals surface area (Å²) in [6, 6.07) is 7.13. The summed E-state index contributed by atoms with van der Waals surface area (Å²) in [7, 11) is 3.35. The number of hydrogen-bond acceptors (Lipinski definition) is 6. The molecular formula is C20H20N6O3. The molecule has 1 aromatic carbocycles. The summed E-state index contributed by atoms with van der Waals surface area (Å²) >= 11 is 0. The van der Waals surface area contributed by atoms with Gasteiger partial charge in [0.25, 0.3) is 5.91 Å². The van der Waals surface area contributed by atoms with Gasteiger partial charge in [-0.3, -0.25) is 14.3 Å². The van der Waals surface area contributed by atoms with Crippen molar-refractivity contribution in [1.29, 1.82) is 0 Å². The van der Waals surface area contributed by atoms with E-state index in [0.717, 1.165) is 0 Å². The van der Waals surface area contributed by atoms with Gasteiger partial charge in [0.2, 0.25) is 6.41 Å². The van der Waals surface area contributed by atoms with Crippen LogP contribution in [0.3, 0.4) is 0 Å². The first-order chi connectivity index (χ1) is 13.9. The number of carbonyl (C=O) groups excluding carboxylic acids is 2. The van der Waals surface area contributed by atoms with Gasteiger partial charge in [-0.1, -0.05) is 24.0 Å². The largest absolute Gasteiger partial charge is 0.380 e. The van der Waals surface area contributed by atoms with Crippen LogP contribution in [0.4, 0.5) is 0 Å². The molecule has 2 aromatic heterocycles. The summed E-state index contributed by atoms with van der Waals surface area (Å²) in [5.74, 6) is 5.33. The Morgan fingerprint density at radius 1 is 1.41 bits per heavy atom. The van der Waals surface area contributed by atoms with E-state index in [4.69, 9.17) is 5.73 Å². The van der Waals surface area contributed by atoms with Gasteiger partial charge >= 0.3 is 0 Å². The number of primary amides is 1. The molecule has 3 aromatic rings. The smallest absolute Gasteiger partial charge is 0.268 e. The van der Waals surface area contributed by atoms with Crippen LogP contribution >= 0.6 is 0 Å². The number of hydrogen-bond donors (Lipinski definition) is 2. The van der Waals surface area contributed by atoms with Crippen LogP contribution in [0.1, 0.15) is 22.5 Å². The van der Waals surface area contributed by atoms with Crippen LogP contribution in [0.15, 0.2) is 30.5 Å². The van der Waals surface area contributed by atoms with Crippen molar-refractivity contribution in [3.05, 3.63) is 41.7 Å². The highest BCUT2D eigenvalue weighted by atomic mass is 16.3. The Hall–Kier alpha value is -3.77. The Morgan fingerprint density at radius 2 is 2.21 bits per heavy atom. The summed E-state index contributed by atoms with van der Waals surface area (Å²) in [5.41, 5.74) is 7.36. The van der Waals surface area contributed by atoms with Gasteiger partial charge in [0.1, 0.15) is 11.8 Å². The van der Waals surface area contributed by atoms with E-state index in [1.54, 1.807) is 43.0 Å². The van der Waals surface area contributed by atoms with E-state index in [1.807, 2.05) is 0 Å². The number of carbonyl (C=O) groups is 2. The summed E-state index contributed by atoms with van der Waals surface area (Å²) in [6.45, 7) is 0.411. The van der Waals surface area contributed by atoms with Crippen LogP contribution in [0.25, 0.3) is 22.4 Å². The van der Waals surface area contributed by atoms with Gasteiger partial charge in [-0.15, -0.1) is 0 Å². The predicted molar refractivity (Wildman–Crippen MR) is 106 cm³/mol. The highest BCUT2D eigenvalue weighted by Crippen LogP contribution is 2.22. The molecule has 9 nitrogen and oxygen atoms in total. The number of nitrogens with zero attached hydrogens (tertiary/aromatic N) is 5. The maximum Gasteiger partial charge on any atom is 0.268 e. The molecule has 0 saturated carbocycles. The molecule has 2 amide bonds. The number of aromatic nitrogens is 4. The van der Waals surface area contributed by atoms with Gasteiger partial charge < -0.3 is 15.7 Å². The van der Waals surface area contributed by atoms with Crippen molar-refractivity contribution in [2.75, 3.05) is 13.6 Å². The molecule has 9 heteroatoms. The molecule has 29 heavy (non-hydrogen) atoms. The van der Waals surface area contributed by atoms with Gasteiger partial charge in [-0.05, 0) is 12.1 Å². The van der Waals surface area contributed by atoms with Crippen molar-refractivity contribution >= 4 is 23.4 Å². The molecular weight excluding hydrogens is 372 g/mol. The molecule has 0 saturated heterocycles. The summed E-state index contributed by atoms with van der Waals surface area (Å²) in [6.07, 6.45) is 1.70. The maximum atomic E-state index is 11.8. The van der Waals surface area contributed by atoms with Gasteiger partial charge in [0, 0.05) is 38.2 Å². The number of fused-ring (bicyclic) bond motifs is 1. The Labute approximate surface area is 167 Å². The second kappa shape index (κ2) is 8.50. The Morgan fingerprint density at radius 3 is 2.93 bits per heavy atom. The molecule has 0 fully saturated rings. The number of amides is 2. The molecule has 0 unspecified atom stereocenters. The van der Waals surface area contributed by atoms with Crippen LogP contribution < -0.4 is 5.73 Å². The van der Waals surface area contributed by atoms with Crippen molar-refractivity contribution < 1.29 is 14.7 Å². The van der Waals surface area contributed by atoms with Crippen molar-refractivity contribution in [3.63, 3.8) is 0 Å². The average molecular weight is 392 g/mol. The van der Waals surface area contributed by atoms with Gasteiger partial charge in [-0.25, -0.2) is 9.97 Å². The SMILES string of the molecule is CN(C=O)CC[C@@H](O)C#Cc1cccc(-c2nc(C(N)=O)c3cnn(C)c3n2)c1. The quantitative estimate of drug-likeness (QED) is 0.459. The second-order valence-electron chi connectivity index (χ2n) is 6.51. The minimum Gasteiger partial charge on any atom is -0.380 e. The summed E-state index contributed by atoms with van der Waals surface area (Å²) < 4.78 is 1.54. The minimum atomic E-state index is -0.857. The van der Waals surface area contributed by atoms with E-state index in [2.05, 4.69) is 26.9 Å². The number of aryl methyl sites for hydroxylation is 1. The van der Waals surface area contributed by atoms with Crippen molar-refractivity contribution in [2.45, 2.75) is 12.5 Å². The topological polar surface area (TPSA) is 127 Å². The fraction of sp³-hybridized carbons (Fsp3) is 0.250. The molecule has 2 heterocycles. The van der Waals surface area contributed by atoms with E-state index in [-0.39, 0.29) is 5.69 Å². The molecule has 1 atom stereocenters. The van der Waals surface area contributed by atoms with E-state index < -0.39 is 12.0 Å². The molecule has 148 valence electrons. The minimum absolute atomic E-state index is 0.101. The number of aliphatic hydroxyl groups excluding tert-OH is 1. The average Bonchev–Trinajstić information content (AvgIpc) is 3.10. The zero-order valence-corrected chi connectivity index (χ0v) is 16.0. The lowest BCUT2D eigenvalue weighted by molar-refractivity contribution is -0.117. The zero-order chi connectivity index (χ0) is 21.0. The predicted octanol–water partition coefficient (Wildman–Crippen LogP) is 0.320. The van der Waals surface area contributed by atoms with Crippen molar-refractivity contribution in [1.82, 2.24) is 24.6 Å². The Balaban J connectivity index is 1.90. The standard InChI is InChI=1S/C20H20N6O3/c1-25(12-27)9-8-15(28)7-6-13-4-3-5-14(10-13)19-23-17(18(21)29)16-11-22-26(2)20(16)24-19/h3-5,10-12,15,28H,8-9H2,1-2H3,(H2,21,29)/t15-/m0/s1. The fourth-order valence-electron chi connectivity index (χ4n) is 2.69. The van der Waals surface area contributed by atoms with Crippen LogP contribution in [0.2, 0.25) is 0 Å². The normalized spacial score (nSPS) is 11.6. The molecule has 0 aliphatic carbocycles. The third-order valence-electron chi connectivity index (χ3n) is 4.26. The van der Waals surface area contributed by atoms with Gasteiger partial charge in [0.05, 0.1) is 11.6 Å². The third kappa shape index (κ3) is 4.56. The first-order valence-electron chi connectivity index (χ1n) is 8.84. The van der Waals surface area contributed by atoms with Gasteiger partial charge in [0.15, 0.2) is 11.5 Å². The van der Waals surface area contributed by atoms with Crippen molar-refractivity contribution in [2.24, 2.45) is 12.8 Å². The van der Waals surface area contributed by atoms with Crippen LogP contribution in [-0.2, 0) is 11.8 Å². The van der Waals surface area contributed by atoms with E-state index in [1.165, 1.54) is 11.1 Å². The fourth-order valence-corrected chi connectivity index (χ4v) is 2.69. The van der Waals surface area contributed by atoms with E-state index >= 15 is 0 Å². The number of benzene rings is 1. The molecule has 3 N–H and O–H groups in total. The molecule has 0 aliphatic rings. The molecule has 0 aliphatic heterocycles. The summed E-state index contributed by atoms with van der Waals surface area (Å²) in [5, 5.41) is 14.6. The number of aliphatic hydroxyl groups is 1. The Kier molecular flexibility index (Phi) is 5.85. The van der Waals surface area contributed by atoms with E-state index in [0.29, 0.717) is 47.4 Å². The highest BCUT2D eigenvalue weighted by molar-refractivity contribution is 6.03. The lowest BCUT2D eigenvalue weighted by atomic mass is 10.1.